The minimum absolute atomic E-state index is 0.110. The number of ether oxygens (including phenoxy) is 1. The lowest BCUT2D eigenvalue weighted by molar-refractivity contribution is 0.0512. The van der Waals surface area contributed by atoms with Crippen molar-refractivity contribution in [3.63, 3.8) is 0 Å². The van der Waals surface area contributed by atoms with E-state index in [-0.39, 0.29) is 11.4 Å². The van der Waals surface area contributed by atoms with E-state index >= 15 is 0 Å². The molecular formula is C11H17BrN2O2. The number of hydrogen-bond donors (Lipinski definition) is 0. The number of carbonyl (C=O) groups is 1. The molecule has 0 fully saturated rings. The largest absolute Gasteiger partial charge is 0.461 e. The van der Waals surface area contributed by atoms with Crippen LogP contribution in [-0.2, 0) is 17.2 Å². The lowest BCUT2D eigenvalue weighted by Crippen LogP contribution is -2.13. The summed E-state index contributed by atoms with van der Waals surface area (Å²) in [6, 6.07) is 0. The van der Waals surface area contributed by atoms with Crippen molar-refractivity contribution in [2.45, 2.75) is 33.1 Å². The normalized spacial score (nSPS) is 11.6. The van der Waals surface area contributed by atoms with E-state index in [2.05, 4.69) is 41.8 Å². The molecule has 0 N–H and O–H groups in total. The molecular weight excluding hydrogens is 272 g/mol. The highest BCUT2D eigenvalue weighted by atomic mass is 79.9. The van der Waals surface area contributed by atoms with Crippen LogP contribution < -0.4 is 0 Å². The molecule has 0 aromatic carbocycles. The first-order valence-electron chi connectivity index (χ1n) is 5.19. The van der Waals surface area contributed by atoms with E-state index in [0.717, 1.165) is 10.2 Å². The van der Waals surface area contributed by atoms with Crippen molar-refractivity contribution in [2.75, 3.05) is 6.61 Å². The maximum Gasteiger partial charge on any atom is 0.357 e. The molecule has 0 saturated carbocycles. The summed E-state index contributed by atoms with van der Waals surface area (Å²) in [4.78, 5) is 11.7. The zero-order valence-corrected chi connectivity index (χ0v) is 11.9. The number of carbonyl (C=O) groups excluding carboxylic acids is 1. The summed E-state index contributed by atoms with van der Waals surface area (Å²) in [5.74, 6) is -0.347. The SMILES string of the molecule is CCOC(=O)c1c(Br)c(C(C)(C)C)nn1C. The van der Waals surface area contributed by atoms with Crippen molar-refractivity contribution in [3.8, 4) is 0 Å². The van der Waals surface area contributed by atoms with Gasteiger partial charge in [0.25, 0.3) is 0 Å². The van der Waals surface area contributed by atoms with Gasteiger partial charge in [-0.3, -0.25) is 4.68 Å². The molecule has 0 spiro atoms. The van der Waals surface area contributed by atoms with E-state index in [1.807, 2.05) is 0 Å². The standard InChI is InChI=1S/C11H17BrN2O2/c1-6-16-10(15)8-7(12)9(11(2,3)4)13-14(8)5/h6H2,1-5H3. The molecule has 5 heteroatoms. The third-order valence-corrected chi connectivity index (χ3v) is 2.92. The molecule has 0 aliphatic heterocycles. The number of aromatic nitrogens is 2. The topological polar surface area (TPSA) is 44.1 Å². The van der Waals surface area contributed by atoms with Crippen LogP contribution in [0.5, 0.6) is 0 Å². The molecule has 0 atom stereocenters. The number of esters is 1. The van der Waals surface area contributed by atoms with Gasteiger partial charge in [-0.05, 0) is 22.9 Å². The molecule has 0 saturated heterocycles. The average Bonchev–Trinajstić information content (AvgIpc) is 2.41. The molecule has 1 heterocycles. The van der Waals surface area contributed by atoms with Crippen LogP contribution in [-0.4, -0.2) is 22.4 Å². The zero-order valence-electron chi connectivity index (χ0n) is 10.3. The van der Waals surface area contributed by atoms with Gasteiger partial charge in [0, 0.05) is 12.5 Å². The van der Waals surface area contributed by atoms with Gasteiger partial charge in [0.2, 0.25) is 0 Å². The Morgan fingerprint density at radius 1 is 1.50 bits per heavy atom. The van der Waals surface area contributed by atoms with E-state index in [1.165, 1.54) is 0 Å². The Morgan fingerprint density at radius 3 is 2.44 bits per heavy atom. The van der Waals surface area contributed by atoms with Crippen LogP contribution >= 0.6 is 15.9 Å². The van der Waals surface area contributed by atoms with E-state index in [1.54, 1.807) is 18.7 Å². The molecule has 1 aromatic heterocycles. The number of nitrogens with zero attached hydrogens (tertiary/aromatic N) is 2. The molecule has 1 rings (SSSR count). The first kappa shape index (κ1) is 13.2. The fraction of sp³-hybridized carbons (Fsp3) is 0.636. The zero-order chi connectivity index (χ0) is 12.5. The van der Waals surface area contributed by atoms with Gasteiger partial charge in [0.1, 0.15) is 0 Å². The predicted octanol–water partition coefficient (Wildman–Crippen LogP) is 2.66. The van der Waals surface area contributed by atoms with Crippen molar-refractivity contribution in [1.82, 2.24) is 9.78 Å². The van der Waals surface area contributed by atoms with Crippen molar-refractivity contribution in [1.29, 1.82) is 0 Å². The summed E-state index contributed by atoms with van der Waals surface area (Å²) in [5, 5.41) is 4.35. The first-order chi connectivity index (χ1) is 7.29. The van der Waals surface area contributed by atoms with Crippen LogP contribution in [0, 0.1) is 0 Å². The highest BCUT2D eigenvalue weighted by molar-refractivity contribution is 9.10. The van der Waals surface area contributed by atoms with Crippen molar-refractivity contribution in [2.24, 2.45) is 7.05 Å². The maximum absolute atomic E-state index is 11.7. The molecule has 1 aromatic rings. The Balaban J connectivity index is 3.23. The third kappa shape index (κ3) is 2.45. The van der Waals surface area contributed by atoms with Gasteiger partial charge >= 0.3 is 5.97 Å². The van der Waals surface area contributed by atoms with Gasteiger partial charge in [-0.25, -0.2) is 4.79 Å². The number of hydrogen-bond acceptors (Lipinski definition) is 3. The van der Waals surface area contributed by atoms with Crippen molar-refractivity contribution in [3.05, 3.63) is 15.9 Å². The predicted molar refractivity (Wildman–Crippen MR) is 65.6 cm³/mol. The summed E-state index contributed by atoms with van der Waals surface area (Å²) < 4.78 is 7.27. The summed E-state index contributed by atoms with van der Waals surface area (Å²) in [6.45, 7) is 8.30. The van der Waals surface area contributed by atoms with Crippen LogP contribution in [0.15, 0.2) is 4.47 Å². The summed E-state index contributed by atoms with van der Waals surface area (Å²) >= 11 is 3.42. The van der Waals surface area contributed by atoms with E-state index in [9.17, 15) is 4.79 Å². The third-order valence-electron chi connectivity index (χ3n) is 2.17. The van der Waals surface area contributed by atoms with Crippen LogP contribution in [0.2, 0.25) is 0 Å². The quantitative estimate of drug-likeness (QED) is 0.786. The molecule has 4 nitrogen and oxygen atoms in total. The second kappa shape index (κ2) is 4.57. The molecule has 0 aliphatic rings. The minimum atomic E-state index is -0.347. The molecule has 90 valence electrons. The summed E-state index contributed by atoms with van der Waals surface area (Å²) in [7, 11) is 1.74. The Bertz CT molecular complexity index is 405. The van der Waals surface area contributed by atoms with Crippen molar-refractivity contribution < 1.29 is 9.53 Å². The summed E-state index contributed by atoms with van der Waals surface area (Å²) in [5.41, 5.74) is 1.21. The first-order valence-corrected chi connectivity index (χ1v) is 5.98. The van der Waals surface area contributed by atoms with Gasteiger partial charge in [-0.15, -0.1) is 0 Å². The average molecular weight is 289 g/mol. The second-order valence-corrected chi connectivity index (χ2v) is 5.40. The lowest BCUT2D eigenvalue weighted by Gasteiger charge is -2.15. The Labute approximate surface area is 104 Å². The van der Waals surface area contributed by atoms with Gasteiger partial charge in [0.15, 0.2) is 5.69 Å². The Hall–Kier alpha value is -0.840. The van der Waals surface area contributed by atoms with Gasteiger partial charge in [-0.1, -0.05) is 20.8 Å². The molecule has 0 unspecified atom stereocenters. The minimum Gasteiger partial charge on any atom is -0.461 e. The maximum atomic E-state index is 11.7. The number of rotatable bonds is 2. The second-order valence-electron chi connectivity index (χ2n) is 4.61. The van der Waals surface area contributed by atoms with E-state index < -0.39 is 0 Å². The Morgan fingerprint density at radius 2 is 2.06 bits per heavy atom. The number of aryl methyl sites for hydroxylation is 1. The van der Waals surface area contributed by atoms with Crippen LogP contribution in [0.4, 0.5) is 0 Å². The van der Waals surface area contributed by atoms with Gasteiger partial charge < -0.3 is 4.74 Å². The van der Waals surface area contributed by atoms with Crippen LogP contribution in [0.25, 0.3) is 0 Å². The molecule has 0 bridgehead atoms. The Kier molecular flexibility index (Phi) is 3.78. The molecule has 0 radical (unpaired) electrons. The van der Waals surface area contributed by atoms with Crippen molar-refractivity contribution >= 4 is 21.9 Å². The highest BCUT2D eigenvalue weighted by Crippen LogP contribution is 2.31. The van der Waals surface area contributed by atoms with E-state index in [4.69, 9.17) is 4.74 Å². The lowest BCUT2D eigenvalue weighted by atomic mass is 9.92. The summed E-state index contributed by atoms with van der Waals surface area (Å²) in [6.07, 6.45) is 0. The van der Waals surface area contributed by atoms with Crippen LogP contribution in [0.3, 0.4) is 0 Å². The van der Waals surface area contributed by atoms with Crippen LogP contribution in [0.1, 0.15) is 43.9 Å². The van der Waals surface area contributed by atoms with E-state index in [0.29, 0.717) is 12.3 Å². The van der Waals surface area contributed by atoms with Gasteiger partial charge in [-0.2, -0.15) is 5.10 Å². The smallest absolute Gasteiger partial charge is 0.357 e. The monoisotopic (exact) mass is 288 g/mol. The highest BCUT2D eigenvalue weighted by Gasteiger charge is 2.27. The molecule has 0 amide bonds. The fourth-order valence-corrected chi connectivity index (χ4v) is 2.49. The molecule has 0 aliphatic carbocycles. The van der Waals surface area contributed by atoms with Gasteiger partial charge in [0.05, 0.1) is 16.8 Å². The molecule has 16 heavy (non-hydrogen) atoms. The fourth-order valence-electron chi connectivity index (χ4n) is 1.40. The number of halogens is 1.